The summed E-state index contributed by atoms with van der Waals surface area (Å²) in [6.45, 7) is 4.03. The third-order valence-electron chi connectivity index (χ3n) is 3.44. The van der Waals surface area contributed by atoms with Gasteiger partial charge in [-0.25, -0.2) is 4.79 Å². The van der Waals surface area contributed by atoms with E-state index in [1.165, 1.54) is 26.2 Å². The van der Waals surface area contributed by atoms with E-state index < -0.39 is 26.3 Å². The minimum Gasteiger partial charge on any atom is -0.379 e. The van der Waals surface area contributed by atoms with Crippen LogP contribution in [0.1, 0.15) is 25.3 Å². The van der Waals surface area contributed by atoms with Crippen LogP contribution in [0.5, 0.6) is 5.75 Å². The zero-order valence-corrected chi connectivity index (χ0v) is 14.1. The lowest BCUT2D eigenvalue weighted by Gasteiger charge is -2.10. The molecule has 0 N–H and O–H groups in total. The van der Waals surface area contributed by atoms with E-state index in [2.05, 4.69) is 0 Å². The molecule has 0 aliphatic carbocycles. The van der Waals surface area contributed by atoms with Gasteiger partial charge in [-0.15, -0.1) is 0 Å². The van der Waals surface area contributed by atoms with Crippen LogP contribution in [0.15, 0.2) is 44.9 Å². The van der Waals surface area contributed by atoms with Crippen LogP contribution in [-0.2, 0) is 24.2 Å². The maximum absolute atomic E-state index is 12.3. The van der Waals surface area contributed by atoms with Gasteiger partial charge < -0.3 is 8.75 Å². The van der Waals surface area contributed by atoms with Crippen LogP contribution in [0.4, 0.5) is 0 Å². The van der Waals surface area contributed by atoms with Crippen LogP contribution in [0, 0.1) is 0 Å². The molecule has 7 nitrogen and oxygen atoms in total. The summed E-state index contributed by atoms with van der Waals surface area (Å²) in [4.78, 5) is 23.0. The number of hydrogen-bond donors (Lipinski definition) is 0. The van der Waals surface area contributed by atoms with E-state index in [9.17, 15) is 18.0 Å². The zero-order valence-electron chi connectivity index (χ0n) is 13.3. The number of aryl methyl sites for hydroxylation is 1. The third kappa shape index (κ3) is 3.37. The number of aromatic nitrogens is 2. The van der Waals surface area contributed by atoms with E-state index in [-0.39, 0.29) is 5.75 Å². The van der Waals surface area contributed by atoms with Crippen molar-refractivity contribution in [2.24, 2.45) is 14.1 Å². The van der Waals surface area contributed by atoms with Crippen molar-refractivity contribution in [2.45, 2.75) is 24.7 Å². The van der Waals surface area contributed by atoms with Crippen LogP contribution in [-0.4, -0.2) is 17.6 Å². The van der Waals surface area contributed by atoms with Crippen molar-refractivity contribution in [1.82, 2.24) is 9.13 Å². The molecule has 1 aromatic heterocycles. The summed E-state index contributed by atoms with van der Waals surface area (Å²) < 4.78 is 31.3. The second kappa shape index (κ2) is 6.04. The van der Waals surface area contributed by atoms with Gasteiger partial charge in [0.25, 0.3) is 5.56 Å². The molecule has 1 heterocycles. The Morgan fingerprint density at radius 1 is 1.04 bits per heavy atom. The van der Waals surface area contributed by atoms with Crippen LogP contribution >= 0.6 is 0 Å². The monoisotopic (exact) mass is 338 g/mol. The van der Waals surface area contributed by atoms with Crippen molar-refractivity contribution in [3.8, 4) is 5.75 Å². The van der Waals surface area contributed by atoms with Crippen LogP contribution in [0.25, 0.3) is 0 Å². The second-order valence-electron chi connectivity index (χ2n) is 5.51. The van der Waals surface area contributed by atoms with Crippen LogP contribution in [0.2, 0.25) is 0 Å². The Hall–Kier alpha value is -2.35. The first kappa shape index (κ1) is 17.0. The summed E-state index contributed by atoms with van der Waals surface area (Å²) >= 11 is 0. The Morgan fingerprint density at radius 3 is 2.13 bits per heavy atom. The predicted octanol–water partition coefficient (Wildman–Crippen LogP) is 0.975. The molecular weight excluding hydrogens is 320 g/mol. The largest absolute Gasteiger partial charge is 0.379 e. The van der Waals surface area contributed by atoms with Gasteiger partial charge in [0.1, 0.15) is 5.75 Å². The average Bonchev–Trinajstić information content (AvgIpc) is 2.48. The molecule has 0 aliphatic rings. The fourth-order valence-corrected chi connectivity index (χ4v) is 3.12. The minimum absolute atomic E-state index is 0.102. The summed E-state index contributed by atoms with van der Waals surface area (Å²) in [6.07, 6.45) is 0.961. The van der Waals surface area contributed by atoms with E-state index >= 15 is 0 Å². The summed E-state index contributed by atoms with van der Waals surface area (Å²) in [7, 11) is -1.76. The average molecular weight is 338 g/mol. The summed E-state index contributed by atoms with van der Waals surface area (Å²) in [5.41, 5.74) is -0.505. The van der Waals surface area contributed by atoms with Gasteiger partial charge in [-0.1, -0.05) is 26.0 Å². The first-order chi connectivity index (χ1) is 10.6. The highest BCUT2D eigenvalue weighted by Crippen LogP contribution is 2.21. The fourth-order valence-electron chi connectivity index (χ4n) is 2.03. The Kier molecular flexibility index (Phi) is 4.46. The van der Waals surface area contributed by atoms with Gasteiger partial charge in [-0.05, 0) is 23.6 Å². The molecule has 0 unspecified atom stereocenters. The molecule has 0 aliphatic heterocycles. The maximum Gasteiger partial charge on any atom is 0.346 e. The Balaban J connectivity index is 2.44. The Labute approximate surface area is 133 Å². The molecule has 8 heteroatoms. The third-order valence-corrected chi connectivity index (χ3v) is 4.67. The van der Waals surface area contributed by atoms with Gasteiger partial charge in [0, 0.05) is 20.3 Å². The van der Waals surface area contributed by atoms with E-state index in [0.29, 0.717) is 5.92 Å². The molecule has 0 amide bonds. The van der Waals surface area contributed by atoms with Crippen molar-refractivity contribution < 1.29 is 12.6 Å². The maximum atomic E-state index is 12.3. The Morgan fingerprint density at radius 2 is 1.61 bits per heavy atom. The number of hydrogen-bond acceptors (Lipinski definition) is 5. The second-order valence-corrected chi connectivity index (χ2v) is 7.03. The van der Waals surface area contributed by atoms with Gasteiger partial charge in [0.15, 0.2) is 4.90 Å². The first-order valence-electron chi connectivity index (χ1n) is 6.94. The van der Waals surface area contributed by atoms with Gasteiger partial charge in [0.2, 0.25) is 0 Å². The van der Waals surface area contributed by atoms with Gasteiger partial charge in [0.05, 0.1) is 0 Å². The molecule has 0 saturated heterocycles. The summed E-state index contributed by atoms with van der Waals surface area (Å²) in [6, 6.07) is 6.57. The SMILES string of the molecule is CC(C)c1ccc(OS(=O)(=O)c2cn(C)c(=O)n(C)c2=O)cc1. The number of nitrogens with zero attached hydrogens (tertiary/aromatic N) is 2. The molecule has 23 heavy (non-hydrogen) atoms. The molecule has 0 bridgehead atoms. The highest BCUT2D eigenvalue weighted by molar-refractivity contribution is 7.87. The fraction of sp³-hybridized carbons (Fsp3) is 0.333. The lowest BCUT2D eigenvalue weighted by atomic mass is 10.0. The topological polar surface area (TPSA) is 87.4 Å². The van der Waals surface area contributed by atoms with Crippen LogP contribution in [0.3, 0.4) is 0 Å². The van der Waals surface area contributed by atoms with E-state index in [1.807, 2.05) is 13.8 Å². The molecule has 124 valence electrons. The van der Waals surface area contributed by atoms with Gasteiger partial charge >= 0.3 is 15.8 Å². The molecule has 2 rings (SSSR count). The normalized spacial score (nSPS) is 11.7. The number of benzene rings is 1. The lowest BCUT2D eigenvalue weighted by Crippen LogP contribution is -2.39. The lowest BCUT2D eigenvalue weighted by molar-refractivity contribution is 0.480. The molecule has 0 saturated carbocycles. The minimum atomic E-state index is -4.33. The summed E-state index contributed by atoms with van der Waals surface area (Å²) in [5.74, 6) is 0.405. The standard InChI is InChI=1S/C15H18N2O5S/c1-10(2)11-5-7-12(8-6-11)22-23(20,21)13-9-16(3)15(19)17(4)14(13)18/h5-10H,1-4H3. The van der Waals surface area contributed by atoms with E-state index in [1.54, 1.807) is 12.1 Å². The highest BCUT2D eigenvalue weighted by Gasteiger charge is 2.23. The predicted molar refractivity (Wildman–Crippen MR) is 85.3 cm³/mol. The van der Waals surface area contributed by atoms with E-state index in [0.717, 1.165) is 20.9 Å². The molecule has 0 radical (unpaired) electrons. The van der Waals surface area contributed by atoms with Crippen molar-refractivity contribution in [2.75, 3.05) is 0 Å². The van der Waals surface area contributed by atoms with Gasteiger partial charge in [-0.2, -0.15) is 8.42 Å². The number of rotatable bonds is 4. The van der Waals surface area contributed by atoms with Crippen molar-refractivity contribution >= 4 is 10.1 Å². The van der Waals surface area contributed by atoms with Crippen LogP contribution < -0.4 is 15.4 Å². The molecule has 2 aromatic rings. The summed E-state index contributed by atoms with van der Waals surface area (Å²) in [5, 5.41) is 0. The smallest absolute Gasteiger partial charge is 0.346 e. The van der Waals surface area contributed by atoms with Gasteiger partial charge in [-0.3, -0.25) is 9.36 Å². The van der Waals surface area contributed by atoms with Crippen molar-refractivity contribution in [1.29, 1.82) is 0 Å². The van der Waals surface area contributed by atoms with Crippen molar-refractivity contribution in [3.05, 3.63) is 56.9 Å². The molecule has 0 fully saturated rings. The Bertz CT molecular complexity index is 937. The molecule has 0 spiro atoms. The van der Waals surface area contributed by atoms with Crippen molar-refractivity contribution in [3.63, 3.8) is 0 Å². The highest BCUT2D eigenvalue weighted by atomic mass is 32.2. The quantitative estimate of drug-likeness (QED) is 0.776. The van der Waals surface area contributed by atoms with E-state index in [4.69, 9.17) is 4.18 Å². The first-order valence-corrected chi connectivity index (χ1v) is 8.35. The molecular formula is C15H18N2O5S. The molecule has 1 aromatic carbocycles. The molecule has 0 atom stereocenters. The zero-order chi connectivity index (χ0) is 17.4.